The maximum absolute atomic E-state index is 11.9. The Bertz CT molecular complexity index is 704. The second kappa shape index (κ2) is 7.43. The molecule has 0 unspecified atom stereocenters. The molecule has 0 aliphatic carbocycles. The van der Waals surface area contributed by atoms with Crippen molar-refractivity contribution in [2.75, 3.05) is 0 Å². The van der Waals surface area contributed by atoms with E-state index in [0.29, 0.717) is 24.2 Å². The number of hydrogen-bond acceptors (Lipinski definition) is 3. The third-order valence-electron chi connectivity index (χ3n) is 3.93. The van der Waals surface area contributed by atoms with Crippen molar-refractivity contribution in [1.82, 2.24) is 0 Å². The largest absolute Gasteiger partial charge is 0.427 e. The Morgan fingerprint density at radius 3 is 2.00 bits per heavy atom. The Balaban J connectivity index is 1.87. The maximum atomic E-state index is 11.9. The number of Topliss-reactive ketones (excluding diaryl/α,β-unsaturated/α-hetero) is 1. The fraction of sp³-hybridized carbons (Fsp3) is 0.333. The Morgan fingerprint density at radius 2 is 1.50 bits per heavy atom. The minimum atomic E-state index is -0.273. The summed E-state index contributed by atoms with van der Waals surface area (Å²) in [5.41, 5.74) is 3.13. The standard InChI is InChI=1S/C21H24O3/c1-15(22)17-8-12-19(13-9-17)24-20(23)14-7-16-5-10-18(11-6-16)21(2,3)4/h5-6,8-13H,7,14H2,1-4H3. The predicted molar refractivity (Wildman–Crippen MR) is 95.5 cm³/mol. The zero-order valence-corrected chi connectivity index (χ0v) is 14.8. The van der Waals surface area contributed by atoms with Gasteiger partial charge in [0.05, 0.1) is 0 Å². The van der Waals surface area contributed by atoms with Gasteiger partial charge in [-0.2, -0.15) is 0 Å². The van der Waals surface area contributed by atoms with E-state index in [1.165, 1.54) is 12.5 Å². The fourth-order valence-electron chi connectivity index (χ4n) is 2.36. The molecule has 0 aliphatic heterocycles. The van der Waals surface area contributed by atoms with E-state index < -0.39 is 0 Å². The van der Waals surface area contributed by atoms with Gasteiger partial charge in [-0.15, -0.1) is 0 Å². The summed E-state index contributed by atoms with van der Waals surface area (Å²) in [5.74, 6) is 0.185. The number of ether oxygens (including phenoxy) is 1. The van der Waals surface area contributed by atoms with Crippen LogP contribution in [0.15, 0.2) is 48.5 Å². The quantitative estimate of drug-likeness (QED) is 0.454. The third-order valence-corrected chi connectivity index (χ3v) is 3.93. The maximum Gasteiger partial charge on any atom is 0.311 e. The number of ketones is 1. The highest BCUT2D eigenvalue weighted by atomic mass is 16.5. The molecule has 0 amide bonds. The summed E-state index contributed by atoms with van der Waals surface area (Å²) in [5, 5.41) is 0. The number of carbonyl (C=O) groups excluding carboxylic acids is 2. The first-order valence-corrected chi connectivity index (χ1v) is 8.17. The third kappa shape index (κ3) is 5.05. The van der Waals surface area contributed by atoms with Crippen molar-refractivity contribution in [3.63, 3.8) is 0 Å². The number of hydrogen-bond donors (Lipinski definition) is 0. The lowest BCUT2D eigenvalue weighted by Gasteiger charge is -2.19. The molecule has 0 aromatic heterocycles. The Kier molecular flexibility index (Phi) is 5.55. The lowest BCUT2D eigenvalue weighted by Crippen LogP contribution is -2.11. The first-order chi connectivity index (χ1) is 11.3. The van der Waals surface area contributed by atoms with Crippen LogP contribution in [-0.2, 0) is 16.6 Å². The Labute approximate surface area is 143 Å². The molecule has 2 aromatic rings. The second-order valence-corrected chi connectivity index (χ2v) is 7.00. The summed E-state index contributed by atoms with van der Waals surface area (Å²) >= 11 is 0. The van der Waals surface area contributed by atoms with Crippen molar-refractivity contribution in [3.05, 3.63) is 65.2 Å². The minimum absolute atomic E-state index is 0.00780. The molecule has 0 saturated heterocycles. The van der Waals surface area contributed by atoms with Gasteiger partial charge in [0, 0.05) is 12.0 Å². The van der Waals surface area contributed by atoms with Crippen LogP contribution in [0.1, 0.15) is 55.6 Å². The van der Waals surface area contributed by atoms with Crippen LogP contribution in [0.5, 0.6) is 5.75 Å². The first kappa shape index (κ1) is 17.9. The van der Waals surface area contributed by atoms with Crippen LogP contribution in [0.4, 0.5) is 0 Å². The fourth-order valence-corrected chi connectivity index (χ4v) is 2.36. The molecule has 126 valence electrons. The van der Waals surface area contributed by atoms with E-state index in [0.717, 1.165) is 5.56 Å². The van der Waals surface area contributed by atoms with Gasteiger partial charge in [-0.25, -0.2) is 0 Å². The van der Waals surface area contributed by atoms with Crippen molar-refractivity contribution < 1.29 is 14.3 Å². The van der Waals surface area contributed by atoms with Crippen LogP contribution in [0.2, 0.25) is 0 Å². The number of carbonyl (C=O) groups is 2. The molecule has 0 atom stereocenters. The minimum Gasteiger partial charge on any atom is -0.427 e. The van der Waals surface area contributed by atoms with E-state index >= 15 is 0 Å². The molecule has 3 nitrogen and oxygen atoms in total. The molecule has 2 rings (SSSR count). The monoisotopic (exact) mass is 324 g/mol. The zero-order chi connectivity index (χ0) is 17.7. The Hall–Kier alpha value is -2.42. The molecule has 0 heterocycles. The van der Waals surface area contributed by atoms with Crippen LogP contribution in [0, 0.1) is 0 Å². The summed E-state index contributed by atoms with van der Waals surface area (Å²) < 4.78 is 5.30. The first-order valence-electron chi connectivity index (χ1n) is 8.17. The number of aryl methyl sites for hydroxylation is 1. The molecule has 2 aromatic carbocycles. The van der Waals surface area contributed by atoms with Crippen LogP contribution in [-0.4, -0.2) is 11.8 Å². The van der Waals surface area contributed by atoms with E-state index in [4.69, 9.17) is 4.74 Å². The van der Waals surface area contributed by atoms with Crippen LogP contribution < -0.4 is 4.74 Å². The molecule has 0 aliphatic rings. The highest BCUT2D eigenvalue weighted by molar-refractivity contribution is 5.94. The average Bonchev–Trinajstić information content (AvgIpc) is 2.53. The lowest BCUT2D eigenvalue weighted by molar-refractivity contribution is -0.134. The highest BCUT2D eigenvalue weighted by Crippen LogP contribution is 2.22. The summed E-state index contributed by atoms with van der Waals surface area (Å²) in [4.78, 5) is 23.2. The van der Waals surface area contributed by atoms with Crippen molar-refractivity contribution in [2.45, 2.75) is 46.0 Å². The normalized spacial score (nSPS) is 11.2. The van der Waals surface area contributed by atoms with Crippen molar-refractivity contribution in [1.29, 1.82) is 0 Å². The molecule has 0 radical (unpaired) electrons. The molecule has 0 N–H and O–H groups in total. The van der Waals surface area contributed by atoms with Crippen LogP contribution in [0.25, 0.3) is 0 Å². The predicted octanol–water partition coefficient (Wildman–Crippen LogP) is 4.72. The van der Waals surface area contributed by atoms with E-state index in [-0.39, 0.29) is 17.2 Å². The van der Waals surface area contributed by atoms with Crippen molar-refractivity contribution >= 4 is 11.8 Å². The summed E-state index contributed by atoms with van der Waals surface area (Å²) in [7, 11) is 0. The molecular weight excluding hydrogens is 300 g/mol. The van der Waals surface area contributed by atoms with E-state index in [9.17, 15) is 9.59 Å². The summed E-state index contributed by atoms with van der Waals surface area (Å²) in [6.45, 7) is 8.04. The van der Waals surface area contributed by atoms with Crippen LogP contribution >= 0.6 is 0 Å². The van der Waals surface area contributed by atoms with E-state index in [2.05, 4.69) is 45.0 Å². The van der Waals surface area contributed by atoms with Gasteiger partial charge in [-0.1, -0.05) is 45.0 Å². The van der Waals surface area contributed by atoms with Gasteiger partial charge < -0.3 is 4.74 Å². The Morgan fingerprint density at radius 1 is 0.917 bits per heavy atom. The van der Waals surface area contributed by atoms with Gasteiger partial charge in [0.2, 0.25) is 0 Å². The molecule has 0 saturated carbocycles. The van der Waals surface area contributed by atoms with Crippen LogP contribution in [0.3, 0.4) is 0 Å². The molecule has 3 heteroatoms. The van der Waals surface area contributed by atoms with Crippen molar-refractivity contribution in [3.8, 4) is 5.75 Å². The van der Waals surface area contributed by atoms with Gasteiger partial charge in [-0.3, -0.25) is 9.59 Å². The highest BCUT2D eigenvalue weighted by Gasteiger charge is 2.13. The topological polar surface area (TPSA) is 43.4 Å². The molecule has 0 spiro atoms. The number of esters is 1. The van der Waals surface area contributed by atoms with Gasteiger partial charge in [0.15, 0.2) is 5.78 Å². The lowest BCUT2D eigenvalue weighted by atomic mass is 9.86. The van der Waals surface area contributed by atoms with Gasteiger partial charge in [0.25, 0.3) is 0 Å². The van der Waals surface area contributed by atoms with Gasteiger partial charge >= 0.3 is 5.97 Å². The molecular formula is C21H24O3. The zero-order valence-electron chi connectivity index (χ0n) is 14.8. The molecule has 0 bridgehead atoms. The van der Waals surface area contributed by atoms with E-state index in [1.807, 2.05) is 0 Å². The summed E-state index contributed by atoms with van der Waals surface area (Å²) in [6, 6.07) is 15.0. The second-order valence-electron chi connectivity index (χ2n) is 7.00. The van der Waals surface area contributed by atoms with Crippen molar-refractivity contribution in [2.24, 2.45) is 0 Å². The van der Waals surface area contributed by atoms with Gasteiger partial charge in [0.1, 0.15) is 5.75 Å². The SMILES string of the molecule is CC(=O)c1ccc(OC(=O)CCc2ccc(C(C)(C)C)cc2)cc1. The number of benzene rings is 2. The average molecular weight is 324 g/mol. The summed E-state index contributed by atoms with van der Waals surface area (Å²) in [6.07, 6.45) is 0.970. The molecule has 24 heavy (non-hydrogen) atoms. The number of rotatable bonds is 5. The molecule has 0 fully saturated rings. The van der Waals surface area contributed by atoms with Gasteiger partial charge in [-0.05, 0) is 54.2 Å². The smallest absolute Gasteiger partial charge is 0.311 e. The van der Waals surface area contributed by atoms with E-state index in [1.54, 1.807) is 24.3 Å².